The Morgan fingerprint density at radius 3 is 2.16 bits per heavy atom. The van der Waals surface area contributed by atoms with Crippen molar-refractivity contribution in [1.82, 2.24) is 4.90 Å². The molecule has 38 heavy (non-hydrogen) atoms. The summed E-state index contributed by atoms with van der Waals surface area (Å²) in [5.41, 5.74) is 3.80. The summed E-state index contributed by atoms with van der Waals surface area (Å²) in [6.07, 6.45) is 4.86. The molecule has 0 unspecified atom stereocenters. The number of carbonyl (C=O) groups is 1. The molecule has 0 bridgehead atoms. The van der Waals surface area contributed by atoms with Gasteiger partial charge in [-0.2, -0.15) is 0 Å². The fourth-order valence-electron chi connectivity index (χ4n) is 4.91. The third kappa shape index (κ3) is 4.82. The van der Waals surface area contributed by atoms with Gasteiger partial charge in [0.1, 0.15) is 0 Å². The number of halogens is 1. The molecule has 2 heterocycles. The number of allylic oxidation sites excluding steroid dienone is 2. The van der Waals surface area contributed by atoms with Crippen LogP contribution < -0.4 is 4.31 Å². The molecule has 0 atom stereocenters. The van der Waals surface area contributed by atoms with Crippen LogP contribution in [0.5, 0.6) is 0 Å². The van der Waals surface area contributed by atoms with E-state index in [1.54, 1.807) is 60.7 Å². The number of hydrogen-bond donors (Lipinski definition) is 0. The molecule has 1 fully saturated rings. The SMILES string of the molecule is CS(=O)(=O)N1C(=O)/C(=C(\C=C(/c2ccc([N+](=O)[O-])cc2)N2CCCC2)c2ccc(Cl)cc2)c2ccccc21. The van der Waals surface area contributed by atoms with E-state index in [1.165, 1.54) is 12.1 Å². The van der Waals surface area contributed by atoms with E-state index in [0.29, 0.717) is 27.4 Å². The van der Waals surface area contributed by atoms with Gasteiger partial charge in [-0.15, -0.1) is 0 Å². The van der Waals surface area contributed by atoms with Gasteiger partial charge in [0, 0.05) is 41.5 Å². The van der Waals surface area contributed by atoms with E-state index in [9.17, 15) is 23.3 Å². The van der Waals surface area contributed by atoms with Gasteiger partial charge in [0.2, 0.25) is 10.0 Å². The summed E-state index contributed by atoms with van der Waals surface area (Å²) in [5.74, 6) is -0.639. The highest BCUT2D eigenvalue weighted by atomic mass is 35.5. The van der Waals surface area contributed by atoms with E-state index in [0.717, 1.165) is 47.8 Å². The summed E-state index contributed by atoms with van der Waals surface area (Å²) in [5, 5.41) is 11.8. The zero-order chi connectivity index (χ0) is 27.0. The molecule has 3 aromatic rings. The minimum absolute atomic E-state index is 0.0190. The first-order valence-corrected chi connectivity index (χ1v) is 14.2. The number of benzene rings is 3. The van der Waals surface area contributed by atoms with Crippen molar-refractivity contribution in [3.63, 3.8) is 0 Å². The van der Waals surface area contributed by atoms with Gasteiger partial charge in [-0.1, -0.05) is 41.9 Å². The molecule has 2 aliphatic heterocycles. The minimum Gasteiger partial charge on any atom is -0.371 e. The molecule has 2 aliphatic rings. The summed E-state index contributed by atoms with van der Waals surface area (Å²) in [4.78, 5) is 26.8. The minimum atomic E-state index is -3.90. The van der Waals surface area contributed by atoms with Gasteiger partial charge in [0.05, 0.1) is 22.4 Å². The summed E-state index contributed by atoms with van der Waals surface area (Å²) < 4.78 is 26.2. The molecule has 8 nitrogen and oxygen atoms in total. The summed E-state index contributed by atoms with van der Waals surface area (Å²) in [6, 6.07) is 20.1. The van der Waals surface area contributed by atoms with Crippen LogP contribution in [-0.2, 0) is 14.8 Å². The first kappa shape index (κ1) is 25.7. The number of likely N-dealkylation sites (tertiary alicyclic amines) is 1. The Balaban J connectivity index is 1.80. The van der Waals surface area contributed by atoms with Gasteiger partial charge in [-0.05, 0) is 65.9 Å². The fourth-order valence-corrected chi connectivity index (χ4v) is 5.95. The van der Waals surface area contributed by atoms with E-state index < -0.39 is 20.9 Å². The molecule has 0 spiro atoms. The Labute approximate surface area is 225 Å². The van der Waals surface area contributed by atoms with Gasteiger partial charge in [-0.25, -0.2) is 12.7 Å². The van der Waals surface area contributed by atoms with Gasteiger partial charge in [0.15, 0.2) is 0 Å². The predicted octanol–water partition coefficient (Wildman–Crippen LogP) is 5.60. The summed E-state index contributed by atoms with van der Waals surface area (Å²) in [6.45, 7) is 1.57. The van der Waals surface area contributed by atoms with Crippen LogP contribution >= 0.6 is 11.6 Å². The van der Waals surface area contributed by atoms with Crippen molar-refractivity contribution in [1.29, 1.82) is 0 Å². The molecular weight excluding hydrogens is 526 g/mol. The van der Waals surface area contributed by atoms with Gasteiger partial charge < -0.3 is 4.90 Å². The average molecular weight is 550 g/mol. The maximum atomic E-state index is 13.8. The van der Waals surface area contributed by atoms with Gasteiger partial charge in [-0.3, -0.25) is 14.9 Å². The molecule has 194 valence electrons. The number of para-hydroxylation sites is 1. The second-order valence-corrected chi connectivity index (χ2v) is 11.4. The van der Waals surface area contributed by atoms with Gasteiger partial charge >= 0.3 is 0 Å². The number of fused-ring (bicyclic) bond motifs is 1. The van der Waals surface area contributed by atoms with Crippen molar-refractivity contribution in [3.05, 3.63) is 111 Å². The van der Waals surface area contributed by atoms with Gasteiger partial charge in [0.25, 0.3) is 11.6 Å². The van der Waals surface area contributed by atoms with Crippen molar-refractivity contribution in [2.24, 2.45) is 0 Å². The number of nitrogens with zero attached hydrogens (tertiary/aromatic N) is 3. The zero-order valence-corrected chi connectivity index (χ0v) is 22.1. The van der Waals surface area contributed by atoms with E-state index in [-0.39, 0.29) is 11.3 Å². The molecule has 3 aromatic carbocycles. The van der Waals surface area contributed by atoms with Crippen molar-refractivity contribution in [2.75, 3.05) is 23.7 Å². The highest BCUT2D eigenvalue weighted by molar-refractivity contribution is 7.93. The fraction of sp³-hybridized carbons (Fsp3) is 0.179. The molecular formula is C28H24ClN3O5S. The highest BCUT2D eigenvalue weighted by Gasteiger charge is 2.39. The number of non-ortho nitro benzene ring substituents is 1. The van der Waals surface area contributed by atoms with Crippen LogP contribution in [0.25, 0.3) is 16.8 Å². The average Bonchev–Trinajstić information content (AvgIpc) is 3.51. The number of amides is 1. The van der Waals surface area contributed by atoms with Crippen molar-refractivity contribution < 1.29 is 18.1 Å². The lowest BCUT2D eigenvalue weighted by Crippen LogP contribution is -2.32. The Morgan fingerprint density at radius 1 is 0.947 bits per heavy atom. The molecule has 1 saturated heterocycles. The number of nitro groups is 1. The van der Waals surface area contributed by atoms with E-state index in [1.807, 2.05) is 6.08 Å². The number of hydrogen-bond acceptors (Lipinski definition) is 6. The maximum Gasteiger partial charge on any atom is 0.273 e. The lowest BCUT2D eigenvalue weighted by molar-refractivity contribution is -0.384. The third-order valence-corrected chi connectivity index (χ3v) is 7.93. The third-order valence-electron chi connectivity index (χ3n) is 6.65. The van der Waals surface area contributed by atoms with Crippen molar-refractivity contribution in [2.45, 2.75) is 12.8 Å². The van der Waals surface area contributed by atoms with E-state index >= 15 is 0 Å². The Morgan fingerprint density at radius 2 is 1.55 bits per heavy atom. The Bertz CT molecular complexity index is 1590. The topological polar surface area (TPSA) is 101 Å². The maximum absolute atomic E-state index is 13.8. The second kappa shape index (κ2) is 10.1. The molecule has 0 aromatic heterocycles. The van der Waals surface area contributed by atoms with Crippen LogP contribution in [0.15, 0.2) is 78.9 Å². The number of nitro benzene ring substituents is 1. The molecule has 0 N–H and O–H groups in total. The van der Waals surface area contributed by atoms with Crippen LogP contribution in [0.1, 0.15) is 29.5 Å². The molecule has 1 amide bonds. The summed E-state index contributed by atoms with van der Waals surface area (Å²) in [7, 11) is -3.90. The number of rotatable bonds is 6. The lowest BCUT2D eigenvalue weighted by atomic mass is 9.93. The first-order chi connectivity index (χ1) is 18.1. The number of anilines is 1. The quantitative estimate of drug-likeness (QED) is 0.225. The summed E-state index contributed by atoms with van der Waals surface area (Å²) >= 11 is 6.17. The normalized spacial score (nSPS) is 17.1. The smallest absolute Gasteiger partial charge is 0.273 e. The highest BCUT2D eigenvalue weighted by Crippen LogP contribution is 2.43. The largest absolute Gasteiger partial charge is 0.371 e. The Kier molecular flexibility index (Phi) is 6.81. The van der Waals surface area contributed by atoms with Crippen molar-refractivity contribution >= 4 is 55.7 Å². The monoisotopic (exact) mass is 549 g/mol. The van der Waals surface area contributed by atoms with Crippen LogP contribution in [0, 0.1) is 10.1 Å². The van der Waals surface area contributed by atoms with Crippen molar-refractivity contribution in [3.8, 4) is 0 Å². The molecule has 0 radical (unpaired) electrons. The van der Waals surface area contributed by atoms with Crippen LogP contribution in [0.4, 0.5) is 11.4 Å². The second-order valence-electron chi connectivity index (χ2n) is 9.17. The van der Waals surface area contributed by atoms with E-state index in [2.05, 4.69) is 4.90 Å². The predicted molar refractivity (Wildman–Crippen MR) is 149 cm³/mol. The zero-order valence-electron chi connectivity index (χ0n) is 20.5. The number of carbonyl (C=O) groups excluding carboxylic acids is 1. The van der Waals surface area contributed by atoms with E-state index in [4.69, 9.17) is 11.6 Å². The number of sulfonamides is 1. The van der Waals surface area contributed by atoms with Crippen LogP contribution in [0.3, 0.4) is 0 Å². The standard InChI is InChI=1S/C28H24ClN3O5S/c1-38(36,37)31-25-7-3-2-6-23(25)27(28(31)33)24(19-8-12-21(29)13-9-19)18-26(30-16-4-5-17-30)20-10-14-22(15-11-20)32(34)35/h2-3,6-15,18H,4-5,16-17H2,1H3/b26-18+,27-24+. The van der Waals surface area contributed by atoms with Crippen LogP contribution in [-0.4, -0.2) is 43.5 Å². The Hall–Kier alpha value is -3.95. The molecule has 0 saturated carbocycles. The molecule has 0 aliphatic carbocycles. The first-order valence-electron chi connectivity index (χ1n) is 12.0. The molecule has 5 rings (SSSR count). The lowest BCUT2D eigenvalue weighted by Gasteiger charge is -2.23. The van der Waals surface area contributed by atoms with Crippen LogP contribution in [0.2, 0.25) is 5.02 Å². The molecule has 10 heteroatoms.